The number of hydrogen-bond donors (Lipinski definition) is 1. The Balaban J connectivity index is 2.36. The maximum Gasteiger partial charge on any atom is 0.0640 e. The lowest BCUT2D eigenvalue weighted by molar-refractivity contribution is 0.383. The van der Waals surface area contributed by atoms with E-state index in [-0.39, 0.29) is 0 Å². The summed E-state index contributed by atoms with van der Waals surface area (Å²) >= 11 is 11.9. The van der Waals surface area contributed by atoms with Crippen molar-refractivity contribution in [2.45, 2.75) is 12.5 Å². The van der Waals surface area contributed by atoms with Crippen LogP contribution in [0.3, 0.4) is 0 Å². The number of halogens is 2. The van der Waals surface area contributed by atoms with Crippen molar-refractivity contribution in [2.24, 2.45) is 0 Å². The Hall–Kier alpha value is -0.240. The highest BCUT2D eigenvalue weighted by molar-refractivity contribution is 6.42. The molecule has 0 bridgehead atoms. The molecule has 0 radical (unpaired) electrons. The Morgan fingerprint density at radius 1 is 1.33 bits per heavy atom. The van der Waals surface area contributed by atoms with Gasteiger partial charge in [0.1, 0.15) is 0 Å². The Labute approximate surface area is 81.7 Å². The number of nitrogens with one attached hydrogen (secondary N) is 1. The van der Waals surface area contributed by atoms with Gasteiger partial charge in [-0.1, -0.05) is 35.3 Å². The van der Waals surface area contributed by atoms with Crippen LogP contribution in [0.5, 0.6) is 0 Å². The maximum atomic E-state index is 6.03. The Morgan fingerprint density at radius 3 is 2.67 bits per heavy atom. The molecule has 1 saturated heterocycles. The first-order chi connectivity index (χ1) is 5.79. The summed E-state index contributed by atoms with van der Waals surface area (Å²) in [6.45, 7) is 1.08. The second-order valence-corrected chi connectivity index (χ2v) is 3.72. The molecule has 2 rings (SSSR count). The van der Waals surface area contributed by atoms with Gasteiger partial charge in [-0.3, -0.25) is 0 Å². The predicted molar refractivity (Wildman–Crippen MR) is 51.8 cm³/mol. The van der Waals surface area contributed by atoms with E-state index in [9.17, 15) is 0 Å². The van der Waals surface area contributed by atoms with Crippen molar-refractivity contribution in [3.8, 4) is 0 Å². The van der Waals surface area contributed by atoms with Crippen molar-refractivity contribution in [1.82, 2.24) is 5.32 Å². The number of rotatable bonds is 1. The van der Waals surface area contributed by atoms with E-state index in [1.807, 2.05) is 18.2 Å². The van der Waals surface area contributed by atoms with Crippen molar-refractivity contribution >= 4 is 23.2 Å². The standard InChI is InChI=1S/C9H9Cl2N/c10-7-3-1-2-6(9(7)11)8-4-5-12-8/h1-3,8,12H,4-5H2. The quantitative estimate of drug-likeness (QED) is 0.737. The molecule has 1 unspecified atom stereocenters. The summed E-state index contributed by atoms with van der Waals surface area (Å²) in [6, 6.07) is 6.18. The van der Waals surface area contributed by atoms with Crippen LogP contribution in [0.1, 0.15) is 18.0 Å². The highest BCUT2D eigenvalue weighted by Gasteiger charge is 2.21. The summed E-state index contributed by atoms with van der Waals surface area (Å²) in [6.07, 6.45) is 1.15. The first-order valence-electron chi connectivity index (χ1n) is 3.96. The fourth-order valence-corrected chi connectivity index (χ4v) is 1.78. The van der Waals surface area contributed by atoms with E-state index in [4.69, 9.17) is 23.2 Å². The van der Waals surface area contributed by atoms with Gasteiger partial charge in [0.05, 0.1) is 10.0 Å². The number of benzene rings is 1. The predicted octanol–water partition coefficient (Wildman–Crippen LogP) is 3.03. The van der Waals surface area contributed by atoms with Crippen LogP contribution in [0.25, 0.3) is 0 Å². The average molecular weight is 202 g/mol. The van der Waals surface area contributed by atoms with Gasteiger partial charge in [0.15, 0.2) is 0 Å². The second-order valence-electron chi connectivity index (χ2n) is 2.94. The third-order valence-electron chi connectivity index (χ3n) is 2.18. The SMILES string of the molecule is Clc1cccc(C2CCN2)c1Cl. The molecule has 0 aromatic heterocycles. The van der Waals surface area contributed by atoms with Gasteiger partial charge in [0.25, 0.3) is 0 Å². The van der Waals surface area contributed by atoms with E-state index in [2.05, 4.69) is 5.32 Å². The van der Waals surface area contributed by atoms with Gasteiger partial charge in [0.2, 0.25) is 0 Å². The first kappa shape index (κ1) is 8.36. The van der Waals surface area contributed by atoms with E-state index >= 15 is 0 Å². The van der Waals surface area contributed by atoms with Crippen LogP contribution in [-0.4, -0.2) is 6.54 Å². The minimum atomic E-state index is 0.413. The maximum absolute atomic E-state index is 6.03. The van der Waals surface area contributed by atoms with Crippen LogP contribution >= 0.6 is 23.2 Å². The monoisotopic (exact) mass is 201 g/mol. The molecule has 3 heteroatoms. The summed E-state index contributed by atoms with van der Waals surface area (Å²) in [5.74, 6) is 0. The summed E-state index contributed by atoms with van der Waals surface area (Å²) in [5.41, 5.74) is 1.12. The smallest absolute Gasteiger partial charge is 0.0640 e. The summed E-state index contributed by atoms with van der Waals surface area (Å²) in [5, 5.41) is 4.62. The van der Waals surface area contributed by atoms with Crippen LogP contribution < -0.4 is 5.32 Å². The third-order valence-corrected chi connectivity index (χ3v) is 3.01. The Kier molecular flexibility index (Phi) is 2.26. The van der Waals surface area contributed by atoms with E-state index in [0.717, 1.165) is 18.5 Å². The first-order valence-corrected chi connectivity index (χ1v) is 4.72. The van der Waals surface area contributed by atoms with Crippen molar-refractivity contribution in [1.29, 1.82) is 0 Å². The molecule has 1 N–H and O–H groups in total. The van der Waals surface area contributed by atoms with Crippen LogP contribution in [0.15, 0.2) is 18.2 Å². The van der Waals surface area contributed by atoms with Crippen molar-refractivity contribution < 1.29 is 0 Å². The molecule has 1 aromatic carbocycles. The lowest BCUT2D eigenvalue weighted by Crippen LogP contribution is -2.35. The fourth-order valence-electron chi connectivity index (χ4n) is 1.34. The lowest BCUT2D eigenvalue weighted by Gasteiger charge is -2.28. The molecule has 1 aliphatic heterocycles. The molecule has 0 spiro atoms. The van der Waals surface area contributed by atoms with Gasteiger partial charge < -0.3 is 5.32 Å². The lowest BCUT2D eigenvalue weighted by atomic mass is 9.98. The van der Waals surface area contributed by atoms with Crippen LogP contribution in [0, 0.1) is 0 Å². The molecular formula is C9H9Cl2N. The Morgan fingerprint density at radius 2 is 2.08 bits per heavy atom. The molecule has 12 heavy (non-hydrogen) atoms. The molecule has 0 aliphatic carbocycles. The zero-order valence-corrected chi connectivity index (χ0v) is 7.99. The van der Waals surface area contributed by atoms with Crippen LogP contribution in [0.4, 0.5) is 0 Å². The van der Waals surface area contributed by atoms with Gasteiger partial charge in [-0.15, -0.1) is 0 Å². The topological polar surface area (TPSA) is 12.0 Å². The molecule has 1 fully saturated rings. The fraction of sp³-hybridized carbons (Fsp3) is 0.333. The highest BCUT2D eigenvalue weighted by Crippen LogP contribution is 2.33. The third kappa shape index (κ3) is 1.33. The molecule has 1 atom stereocenters. The van der Waals surface area contributed by atoms with Gasteiger partial charge in [0, 0.05) is 6.04 Å². The number of hydrogen-bond acceptors (Lipinski definition) is 1. The second kappa shape index (κ2) is 3.25. The summed E-state index contributed by atoms with van der Waals surface area (Å²) in [7, 11) is 0. The van der Waals surface area contributed by atoms with Crippen LogP contribution in [0.2, 0.25) is 10.0 Å². The van der Waals surface area contributed by atoms with Crippen molar-refractivity contribution in [3.05, 3.63) is 33.8 Å². The minimum absolute atomic E-state index is 0.413. The molecular weight excluding hydrogens is 193 g/mol. The van der Waals surface area contributed by atoms with Crippen molar-refractivity contribution in [3.63, 3.8) is 0 Å². The van der Waals surface area contributed by atoms with Crippen LogP contribution in [-0.2, 0) is 0 Å². The summed E-state index contributed by atoms with van der Waals surface area (Å²) < 4.78 is 0. The normalized spacial score (nSPS) is 22.0. The van der Waals surface area contributed by atoms with Crippen molar-refractivity contribution in [2.75, 3.05) is 6.54 Å². The molecule has 1 aliphatic rings. The van der Waals surface area contributed by atoms with Gasteiger partial charge in [-0.2, -0.15) is 0 Å². The Bertz CT molecular complexity index is 295. The van der Waals surface area contributed by atoms with E-state index < -0.39 is 0 Å². The highest BCUT2D eigenvalue weighted by atomic mass is 35.5. The van der Waals surface area contributed by atoms with Gasteiger partial charge >= 0.3 is 0 Å². The summed E-state index contributed by atoms with van der Waals surface area (Å²) in [4.78, 5) is 0. The average Bonchev–Trinajstić information content (AvgIpc) is 1.95. The van der Waals surface area contributed by atoms with E-state index in [1.165, 1.54) is 0 Å². The molecule has 1 nitrogen and oxygen atoms in total. The molecule has 64 valence electrons. The minimum Gasteiger partial charge on any atom is -0.310 e. The molecule has 0 saturated carbocycles. The van der Waals surface area contributed by atoms with E-state index in [1.54, 1.807) is 0 Å². The van der Waals surface area contributed by atoms with Gasteiger partial charge in [-0.25, -0.2) is 0 Å². The molecule has 1 aromatic rings. The zero-order chi connectivity index (χ0) is 8.55. The van der Waals surface area contributed by atoms with E-state index in [0.29, 0.717) is 16.1 Å². The van der Waals surface area contributed by atoms with Gasteiger partial charge in [-0.05, 0) is 24.6 Å². The molecule has 1 heterocycles. The molecule has 0 amide bonds. The largest absolute Gasteiger partial charge is 0.310 e. The zero-order valence-electron chi connectivity index (χ0n) is 6.48.